The van der Waals surface area contributed by atoms with E-state index < -0.39 is 21.5 Å². The molecule has 0 atom stereocenters. The van der Waals surface area contributed by atoms with Crippen molar-refractivity contribution >= 4 is 51.4 Å². The highest BCUT2D eigenvalue weighted by Gasteiger charge is 2.11. The van der Waals surface area contributed by atoms with Crippen molar-refractivity contribution in [2.45, 2.75) is 18.8 Å². The lowest BCUT2D eigenvalue weighted by Gasteiger charge is -2.14. The maximum Gasteiger partial charge on any atom is 0.191 e. The first kappa shape index (κ1) is 24.6. The molecule has 0 radical (unpaired) electrons. The van der Waals surface area contributed by atoms with Gasteiger partial charge >= 0.3 is 0 Å². The Labute approximate surface area is 185 Å². The largest absolute Gasteiger partial charge is 0.352 e. The van der Waals surface area contributed by atoms with Gasteiger partial charge in [0.1, 0.15) is 11.6 Å². The number of sulfone groups is 1. The van der Waals surface area contributed by atoms with Crippen molar-refractivity contribution < 1.29 is 17.2 Å². The minimum Gasteiger partial charge on any atom is -0.352 e. The molecule has 28 heavy (non-hydrogen) atoms. The van der Waals surface area contributed by atoms with Crippen LogP contribution in [0.2, 0.25) is 5.02 Å². The van der Waals surface area contributed by atoms with Gasteiger partial charge in [0.2, 0.25) is 0 Å². The lowest BCUT2D eigenvalue weighted by molar-refractivity contribution is 0.599. The van der Waals surface area contributed by atoms with Crippen LogP contribution < -0.4 is 10.6 Å². The summed E-state index contributed by atoms with van der Waals surface area (Å²) < 4.78 is 49.9. The second-order valence-electron chi connectivity index (χ2n) is 6.01. The SMILES string of the molecule is CN=C(NCc1ccc(F)c(Cl)c1)NCc1cc(F)ccc1CS(C)(=O)=O.I. The van der Waals surface area contributed by atoms with Gasteiger partial charge in [-0.1, -0.05) is 23.7 Å². The molecular weight excluding hydrogens is 523 g/mol. The van der Waals surface area contributed by atoms with Gasteiger partial charge in [-0.05, 0) is 41.0 Å². The fraction of sp³-hybridized carbons (Fsp3) is 0.278. The van der Waals surface area contributed by atoms with Gasteiger partial charge in [0, 0.05) is 26.4 Å². The number of hydrogen-bond donors (Lipinski definition) is 2. The van der Waals surface area contributed by atoms with Crippen LogP contribution in [0.3, 0.4) is 0 Å². The zero-order valence-corrected chi connectivity index (χ0v) is 19.2. The van der Waals surface area contributed by atoms with Crippen molar-refractivity contribution in [2.75, 3.05) is 13.3 Å². The number of halogens is 4. The van der Waals surface area contributed by atoms with Crippen LogP contribution in [0.1, 0.15) is 16.7 Å². The van der Waals surface area contributed by atoms with E-state index in [-0.39, 0.29) is 41.3 Å². The summed E-state index contributed by atoms with van der Waals surface area (Å²) in [6.07, 6.45) is 1.13. The van der Waals surface area contributed by atoms with E-state index in [9.17, 15) is 17.2 Å². The zero-order chi connectivity index (χ0) is 20.0. The van der Waals surface area contributed by atoms with Crippen LogP contribution in [0.25, 0.3) is 0 Å². The lowest BCUT2D eigenvalue weighted by Crippen LogP contribution is -2.36. The molecule has 0 aliphatic rings. The van der Waals surface area contributed by atoms with Crippen LogP contribution in [0.15, 0.2) is 41.4 Å². The molecule has 10 heteroatoms. The number of hydrogen-bond acceptors (Lipinski definition) is 3. The van der Waals surface area contributed by atoms with Gasteiger partial charge in [0.05, 0.1) is 10.8 Å². The Morgan fingerprint density at radius 1 is 1.07 bits per heavy atom. The zero-order valence-electron chi connectivity index (χ0n) is 15.3. The van der Waals surface area contributed by atoms with Gasteiger partial charge in [0.25, 0.3) is 0 Å². The smallest absolute Gasteiger partial charge is 0.191 e. The third-order valence-corrected chi connectivity index (χ3v) is 4.82. The van der Waals surface area contributed by atoms with E-state index in [1.54, 1.807) is 13.1 Å². The molecule has 154 valence electrons. The first-order chi connectivity index (χ1) is 12.7. The van der Waals surface area contributed by atoms with Crippen molar-refractivity contribution in [3.05, 3.63) is 69.7 Å². The highest BCUT2D eigenvalue weighted by molar-refractivity contribution is 14.0. The normalized spacial score (nSPS) is 11.7. The average molecular weight is 544 g/mol. The molecule has 2 N–H and O–H groups in total. The van der Waals surface area contributed by atoms with E-state index in [1.807, 2.05) is 0 Å². The van der Waals surface area contributed by atoms with Crippen molar-refractivity contribution in [1.82, 2.24) is 10.6 Å². The minimum absolute atomic E-state index is 0. The summed E-state index contributed by atoms with van der Waals surface area (Å²) in [5.41, 5.74) is 1.80. The van der Waals surface area contributed by atoms with Crippen LogP contribution in [0.4, 0.5) is 8.78 Å². The Balaban J connectivity index is 0.00000392. The molecule has 2 aromatic rings. The summed E-state index contributed by atoms with van der Waals surface area (Å²) in [5.74, 6) is -0.699. The number of nitrogens with one attached hydrogen (secondary N) is 2. The molecular formula is C18H21ClF2IN3O2S. The Morgan fingerprint density at radius 3 is 2.36 bits per heavy atom. The van der Waals surface area contributed by atoms with Crippen LogP contribution in [0.5, 0.6) is 0 Å². The Hall–Kier alpha value is -1.46. The highest BCUT2D eigenvalue weighted by Crippen LogP contribution is 2.16. The predicted molar refractivity (Wildman–Crippen MR) is 119 cm³/mol. The molecule has 0 spiro atoms. The monoisotopic (exact) mass is 543 g/mol. The predicted octanol–water partition coefficient (Wildman–Crippen LogP) is 3.65. The molecule has 5 nitrogen and oxygen atoms in total. The van der Waals surface area contributed by atoms with E-state index in [4.69, 9.17) is 11.6 Å². The fourth-order valence-corrected chi connectivity index (χ4v) is 3.47. The standard InChI is InChI=1S/C18H20ClF2N3O2S.HI/c1-22-18(23-9-12-3-6-17(21)16(19)7-12)24-10-14-8-15(20)5-4-13(14)11-27(2,25)26;/h3-8H,9-11H2,1-2H3,(H2,22,23,24);1H. The minimum atomic E-state index is -3.25. The molecule has 0 unspecified atom stereocenters. The maximum absolute atomic E-state index is 13.6. The van der Waals surface area contributed by atoms with Gasteiger partial charge in [-0.3, -0.25) is 4.99 Å². The molecule has 0 aliphatic heterocycles. The molecule has 0 aromatic heterocycles. The summed E-state index contributed by atoms with van der Waals surface area (Å²) in [4.78, 5) is 4.06. The number of guanidine groups is 1. The summed E-state index contributed by atoms with van der Waals surface area (Å²) in [6.45, 7) is 0.533. The fourth-order valence-electron chi connectivity index (χ4n) is 2.42. The Morgan fingerprint density at radius 2 is 1.75 bits per heavy atom. The van der Waals surface area contributed by atoms with Gasteiger partial charge in [0.15, 0.2) is 15.8 Å². The molecule has 0 bridgehead atoms. The molecule has 0 fully saturated rings. The van der Waals surface area contributed by atoms with Crippen LogP contribution in [0, 0.1) is 11.6 Å². The molecule has 2 aromatic carbocycles. The van der Waals surface area contributed by atoms with Crippen molar-refractivity contribution in [1.29, 1.82) is 0 Å². The number of nitrogens with zero attached hydrogens (tertiary/aromatic N) is 1. The van der Waals surface area contributed by atoms with E-state index in [0.717, 1.165) is 11.8 Å². The van der Waals surface area contributed by atoms with Crippen LogP contribution in [-0.4, -0.2) is 27.7 Å². The molecule has 0 heterocycles. The Bertz CT molecular complexity index is 956. The summed E-state index contributed by atoms with van der Waals surface area (Å²) in [7, 11) is -1.68. The summed E-state index contributed by atoms with van der Waals surface area (Å²) in [5, 5.41) is 6.07. The summed E-state index contributed by atoms with van der Waals surface area (Å²) in [6, 6.07) is 8.37. The Kier molecular flexibility index (Phi) is 9.58. The van der Waals surface area contributed by atoms with E-state index in [2.05, 4.69) is 15.6 Å². The quantitative estimate of drug-likeness (QED) is 0.332. The lowest BCUT2D eigenvalue weighted by atomic mass is 10.1. The van der Waals surface area contributed by atoms with E-state index in [0.29, 0.717) is 23.6 Å². The maximum atomic E-state index is 13.6. The molecule has 2 rings (SSSR count). The highest BCUT2D eigenvalue weighted by atomic mass is 127. The van der Waals surface area contributed by atoms with Gasteiger partial charge < -0.3 is 10.6 Å². The molecule has 0 aliphatic carbocycles. The van der Waals surface area contributed by atoms with Gasteiger partial charge in [-0.2, -0.15) is 0 Å². The topological polar surface area (TPSA) is 70.6 Å². The van der Waals surface area contributed by atoms with Gasteiger partial charge in [-0.25, -0.2) is 17.2 Å². The van der Waals surface area contributed by atoms with E-state index >= 15 is 0 Å². The number of rotatable bonds is 6. The van der Waals surface area contributed by atoms with Crippen LogP contribution in [-0.2, 0) is 28.7 Å². The molecule has 0 saturated carbocycles. The van der Waals surface area contributed by atoms with E-state index in [1.165, 1.54) is 30.3 Å². The number of aliphatic imine (C=N–C) groups is 1. The van der Waals surface area contributed by atoms with Crippen LogP contribution >= 0.6 is 35.6 Å². The second-order valence-corrected chi connectivity index (χ2v) is 8.56. The van der Waals surface area contributed by atoms with Crippen molar-refractivity contribution in [3.63, 3.8) is 0 Å². The number of benzene rings is 2. The first-order valence-electron chi connectivity index (χ1n) is 8.01. The molecule has 0 saturated heterocycles. The third-order valence-electron chi connectivity index (χ3n) is 3.70. The molecule has 0 amide bonds. The van der Waals surface area contributed by atoms with Crippen molar-refractivity contribution in [2.24, 2.45) is 4.99 Å². The average Bonchev–Trinajstić information content (AvgIpc) is 2.59. The third kappa shape index (κ3) is 7.88. The van der Waals surface area contributed by atoms with Crippen molar-refractivity contribution in [3.8, 4) is 0 Å². The van der Waals surface area contributed by atoms with Gasteiger partial charge in [-0.15, -0.1) is 24.0 Å². The second kappa shape index (κ2) is 10.9. The first-order valence-corrected chi connectivity index (χ1v) is 10.5. The summed E-state index contributed by atoms with van der Waals surface area (Å²) >= 11 is 5.76.